The van der Waals surface area contributed by atoms with Gasteiger partial charge in [-0.15, -0.1) is 0 Å². The number of alkyl halides is 9. The SMILES string of the molecule is O=C(Nc1cccc(C(=O)Cc2c(Cl)cc(C(F)(C(F)(F)F)C(F)(F)F)cc2OC(F)F)c1F)c1ccc(F)cc1. The molecule has 3 aromatic carbocycles. The summed E-state index contributed by atoms with van der Waals surface area (Å²) in [5.41, 5.74) is -10.7. The third-order valence-corrected chi connectivity index (χ3v) is 5.88. The van der Waals surface area contributed by atoms with E-state index in [9.17, 15) is 53.5 Å². The maximum atomic E-state index is 15.1. The van der Waals surface area contributed by atoms with Crippen LogP contribution in [0.4, 0.5) is 54.0 Å². The van der Waals surface area contributed by atoms with Crippen molar-refractivity contribution in [3.05, 3.63) is 93.5 Å². The van der Waals surface area contributed by atoms with E-state index in [1.807, 2.05) is 0 Å². The molecule has 0 unspecified atom stereocenters. The number of halogens is 12. The van der Waals surface area contributed by atoms with Gasteiger partial charge >= 0.3 is 24.6 Å². The summed E-state index contributed by atoms with van der Waals surface area (Å²) in [6, 6.07) is 6.45. The predicted octanol–water partition coefficient (Wildman–Crippen LogP) is 8.19. The summed E-state index contributed by atoms with van der Waals surface area (Å²) in [5, 5.41) is 0.908. The lowest BCUT2D eigenvalue weighted by Crippen LogP contribution is -2.50. The van der Waals surface area contributed by atoms with Crippen molar-refractivity contribution in [3.63, 3.8) is 0 Å². The molecule has 0 aliphatic heterocycles. The van der Waals surface area contributed by atoms with Crippen molar-refractivity contribution in [2.45, 2.75) is 31.1 Å². The minimum Gasteiger partial charge on any atom is -0.434 e. The largest absolute Gasteiger partial charge is 0.435 e. The molecule has 0 radical (unpaired) electrons. The molecule has 0 atom stereocenters. The smallest absolute Gasteiger partial charge is 0.434 e. The second-order valence-electron chi connectivity index (χ2n) is 8.20. The number of hydrogen-bond acceptors (Lipinski definition) is 3. The van der Waals surface area contributed by atoms with Crippen molar-refractivity contribution < 1.29 is 62.6 Å². The first-order chi connectivity index (χ1) is 18.9. The number of carbonyl (C=O) groups is 2. The van der Waals surface area contributed by atoms with Crippen LogP contribution in [0.5, 0.6) is 5.75 Å². The number of carbonyl (C=O) groups excluding carboxylic acids is 2. The van der Waals surface area contributed by atoms with Crippen LogP contribution in [0, 0.1) is 11.6 Å². The van der Waals surface area contributed by atoms with Crippen LogP contribution in [0.15, 0.2) is 54.6 Å². The Morgan fingerprint density at radius 2 is 1.46 bits per heavy atom. The number of Topliss-reactive ketones (excluding diaryl/α,β-unsaturated/α-hetero) is 1. The van der Waals surface area contributed by atoms with Gasteiger partial charge in [0, 0.05) is 28.1 Å². The third-order valence-electron chi connectivity index (χ3n) is 5.54. The zero-order valence-corrected chi connectivity index (χ0v) is 20.5. The summed E-state index contributed by atoms with van der Waals surface area (Å²) < 4.78 is 152. The van der Waals surface area contributed by atoms with Crippen LogP contribution >= 0.6 is 11.6 Å². The molecular weight excluding hydrogens is 607 g/mol. The second kappa shape index (κ2) is 11.5. The van der Waals surface area contributed by atoms with Gasteiger partial charge in [0.15, 0.2) is 11.6 Å². The first-order valence-electron chi connectivity index (χ1n) is 10.9. The maximum Gasteiger partial charge on any atom is 0.435 e. The minimum absolute atomic E-state index is 0.107. The zero-order chi connectivity index (χ0) is 30.9. The lowest BCUT2D eigenvalue weighted by Gasteiger charge is -2.31. The molecule has 0 aliphatic rings. The standard InChI is InChI=1S/C25H13ClF11NO3/c26-16-8-12(23(31,24(32,33)34)25(35,36)37)9-19(41-22(29)30)15(16)10-18(39)14-2-1-3-17(20(14)28)38-21(40)11-4-6-13(27)7-5-11/h1-9,22H,10H2,(H,38,40). The molecule has 0 bridgehead atoms. The fraction of sp³-hybridized carbons (Fsp3) is 0.200. The Morgan fingerprint density at radius 3 is 2.00 bits per heavy atom. The number of ether oxygens (including phenoxy) is 1. The van der Waals surface area contributed by atoms with E-state index in [1.54, 1.807) is 0 Å². The van der Waals surface area contributed by atoms with Gasteiger partial charge in [0.25, 0.3) is 5.91 Å². The Balaban J connectivity index is 2.01. The number of rotatable bonds is 8. The summed E-state index contributed by atoms with van der Waals surface area (Å²) in [7, 11) is 0. The van der Waals surface area contributed by atoms with Gasteiger partial charge in [0.1, 0.15) is 11.6 Å². The van der Waals surface area contributed by atoms with E-state index in [0.717, 1.165) is 42.5 Å². The number of ketones is 1. The molecule has 3 aromatic rings. The molecule has 3 rings (SSSR count). The quantitative estimate of drug-likeness (QED) is 0.204. The Hall–Kier alpha value is -3.88. The number of benzene rings is 3. The monoisotopic (exact) mass is 619 g/mol. The molecule has 1 N–H and O–H groups in total. The molecule has 0 heterocycles. The van der Waals surface area contributed by atoms with Crippen LogP contribution in [-0.4, -0.2) is 30.7 Å². The molecule has 4 nitrogen and oxygen atoms in total. The summed E-state index contributed by atoms with van der Waals surface area (Å²) >= 11 is 5.72. The number of amides is 1. The van der Waals surface area contributed by atoms with Crippen molar-refractivity contribution in [3.8, 4) is 5.75 Å². The average molecular weight is 620 g/mol. The molecule has 41 heavy (non-hydrogen) atoms. The van der Waals surface area contributed by atoms with Crippen LogP contribution in [0.25, 0.3) is 0 Å². The average Bonchev–Trinajstić information content (AvgIpc) is 2.85. The number of nitrogens with one attached hydrogen (secondary N) is 1. The summed E-state index contributed by atoms with van der Waals surface area (Å²) in [6.45, 7) is -3.87. The highest BCUT2D eigenvalue weighted by Crippen LogP contribution is 2.54. The van der Waals surface area contributed by atoms with Gasteiger partial charge in [-0.3, -0.25) is 9.59 Å². The van der Waals surface area contributed by atoms with E-state index in [1.165, 1.54) is 0 Å². The van der Waals surface area contributed by atoms with Gasteiger partial charge in [0.2, 0.25) is 0 Å². The molecule has 0 saturated heterocycles. The normalized spacial score (nSPS) is 12.4. The molecule has 16 heteroatoms. The topological polar surface area (TPSA) is 55.4 Å². The Morgan fingerprint density at radius 1 is 0.878 bits per heavy atom. The van der Waals surface area contributed by atoms with Crippen LogP contribution in [0.3, 0.4) is 0 Å². The molecule has 0 aliphatic carbocycles. The van der Waals surface area contributed by atoms with Gasteiger partial charge in [-0.2, -0.15) is 35.1 Å². The van der Waals surface area contributed by atoms with E-state index < -0.39 is 87.5 Å². The lowest BCUT2D eigenvalue weighted by molar-refractivity contribution is -0.348. The van der Waals surface area contributed by atoms with E-state index in [0.29, 0.717) is 0 Å². The van der Waals surface area contributed by atoms with Gasteiger partial charge in [-0.05, 0) is 48.5 Å². The zero-order valence-electron chi connectivity index (χ0n) is 19.7. The number of hydrogen-bond donors (Lipinski definition) is 1. The molecule has 220 valence electrons. The highest BCUT2D eigenvalue weighted by atomic mass is 35.5. The summed E-state index contributed by atoms with van der Waals surface area (Å²) in [4.78, 5) is 25.2. The Kier molecular flexibility index (Phi) is 8.91. The maximum absolute atomic E-state index is 15.1. The third kappa shape index (κ3) is 6.55. The predicted molar refractivity (Wildman–Crippen MR) is 122 cm³/mol. The van der Waals surface area contributed by atoms with Crippen molar-refractivity contribution in [1.29, 1.82) is 0 Å². The lowest BCUT2D eigenvalue weighted by atomic mass is 9.91. The molecule has 1 amide bonds. The number of anilines is 1. The fourth-order valence-electron chi connectivity index (χ4n) is 3.57. The van der Waals surface area contributed by atoms with Crippen LogP contribution in [0.2, 0.25) is 5.02 Å². The Labute approximate surface area is 227 Å². The first-order valence-corrected chi connectivity index (χ1v) is 11.2. The van der Waals surface area contributed by atoms with E-state index in [4.69, 9.17) is 11.6 Å². The van der Waals surface area contributed by atoms with Gasteiger partial charge in [0.05, 0.1) is 11.3 Å². The summed E-state index contributed by atoms with van der Waals surface area (Å²) in [5.74, 6) is -5.77. The van der Waals surface area contributed by atoms with E-state index in [-0.39, 0.29) is 17.7 Å². The molecular formula is C25H13ClF11NO3. The van der Waals surface area contributed by atoms with Crippen LogP contribution < -0.4 is 10.1 Å². The molecule has 0 saturated carbocycles. The van der Waals surface area contributed by atoms with Gasteiger partial charge in [-0.1, -0.05) is 17.7 Å². The highest BCUT2D eigenvalue weighted by Gasteiger charge is 2.73. The first kappa shape index (κ1) is 31.6. The fourth-order valence-corrected chi connectivity index (χ4v) is 3.84. The molecule has 0 fully saturated rings. The van der Waals surface area contributed by atoms with Crippen molar-refractivity contribution >= 4 is 29.0 Å². The Bertz CT molecular complexity index is 1440. The minimum atomic E-state index is -6.62. The van der Waals surface area contributed by atoms with Gasteiger partial charge in [-0.25, -0.2) is 13.2 Å². The van der Waals surface area contributed by atoms with Crippen LogP contribution in [0.1, 0.15) is 31.8 Å². The summed E-state index contributed by atoms with van der Waals surface area (Å²) in [6.07, 6.45) is -14.4. The van der Waals surface area contributed by atoms with E-state index in [2.05, 4.69) is 10.1 Å². The van der Waals surface area contributed by atoms with Crippen LogP contribution in [-0.2, 0) is 12.1 Å². The van der Waals surface area contributed by atoms with Crippen molar-refractivity contribution in [2.75, 3.05) is 5.32 Å². The molecule has 0 aromatic heterocycles. The van der Waals surface area contributed by atoms with Crippen molar-refractivity contribution in [2.24, 2.45) is 0 Å². The van der Waals surface area contributed by atoms with Gasteiger partial charge < -0.3 is 10.1 Å². The van der Waals surface area contributed by atoms with Crippen molar-refractivity contribution in [1.82, 2.24) is 0 Å². The van der Waals surface area contributed by atoms with E-state index >= 15 is 4.39 Å². The molecule has 0 spiro atoms. The second-order valence-corrected chi connectivity index (χ2v) is 8.60. The highest BCUT2D eigenvalue weighted by molar-refractivity contribution is 6.32.